The van der Waals surface area contributed by atoms with Gasteiger partial charge in [-0.1, -0.05) is 13.3 Å². The fourth-order valence-corrected chi connectivity index (χ4v) is 3.05. The number of nitrogens with zero attached hydrogens (tertiary/aromatic N) is 3. The second-order valence-electron chi connectivity index (χ2n) is 6.19. The maximum atomic E-state index is 14.1. The number of ether oxygens (including phenoxy) is 1. The molecule has 0 aliphatic heterocycles. The Morgan fingerprint density at radius 1 is 1.32 bits per heavy atom. The van der Waals surface area contributed by atoms with Crippen LogP contribution in [0.2, 0.25) is 0 Å². The van der Waals surface area contributed by atoms with Crippen molar-refractivity contribution < 1.29 is 23.1 Å². The van der Waals surface area contributed by atoms with Crippen molar-refractivity contribution in [3.8, 4) is 0 Å². The number of halogens is 2. The van der Waals surface area contributed by atoms with E-state index in [4.69, 9.17) is 10.3 Å². The topological polar surface area (TPSA) is 92.1 Å². The first kappa shape index (κ1) is 20.9. The van der Waals surface area contributed by atoms with Gasteiger partial charge in [0.25, 0.3) is 5.91 Å². The maximum Gasteiger partial charge on any atom is 0.319 e. The van der Waals surface area contributed by atoms with Crippen molar-refractivity contribution in [1.29, 1.82) is 0 Å². The molecule has 9 heteroatoms. The Labute approximate surface area is 148 Å². The highest BCUT2D eigenvalue weighted by Gasteiger charge is 2.27. The summed E-state index contributed by atoms with van der Waals surface area (Å²) in [6.07, 6.45) is 1.06. The van der Waals surface area contributed by atoms with Crippen LogP contribution in [0.3, 0.4) is 0 Å². The molecule has 0 aliphatic rings. The van der Waals surface area contributed by atoms with E-state index in [-0.39, 0.29) is 4.90 Å². The molecule has 1 atom stereocenters. The molecule has 1 rings (SSSR count). The molecule has 0 radical (unpaired) electrons. The average Bonchev–Trinajstić information content (AvgIpc) is 2.47. The monoisotopic (exact) mass is 371 g/mol. The summed E-state index contributed by atoms with van der Waals surface area (Å²) >= 11 is 0.844. The SMILES string of the molecule is CCCC(Sc1cc(C(=O)N=[N+]=[N-])c(F)cc1F)C(=O)OC(C)(C)C. The zero-order chi connectivity index (χ0) is 19.2. The van der Waals surface area contributed by atoms with Crippen molar-refractivity contribution in [3.63, 3.8) is 0 Å². The summed E-state index contributed by atoms with van der Waals surface area (Å²) in [7, 11) is 0. The fraction of sp³-hybridized carbons (Fsp3) is 0.500. The molecule has 0 saturated carbocycles. The Morgan fingerprint density at radius 3 is 2.48 bits per heavy atom. The lowest BCUT2D eigenvalue weighted by Gasteiger charge is -2.23. The standard InChI is InChI=1S/C16H19F2N3O3S/c1-5-6-12(15(23)24-16(2,3)4)25-13-7-9(14(22)20-21-19)10(17)8-11(13)18/h7-8,12H,5-6H2,1-4H3. The molecule has 136 valence electrons. The van der Waals surface area contributed by atoms with Crippen molar-refractivity contribution in [2.45, 2.75) is 56.3 Å². The van der Waals surface area contributed by atoms with Gasteiger partial charge in [-0.25, -0.2) is 8.78 Å². The van der Waals surface area contributed by atoms with Crippen LogP contribution in [0, 0.1) is 11.6 Å². The Kier molecular flexibility index (Phi) is 7.38. The van der Waals surface area contributed by atoms with Crippen molar-refractivity contribution in [2.75, 3.05) is 0 Å². The van der Waals surface area contributed by atoms with Gasteiger partial charge in [-0.05, 0) is 43.9 Å². The van der Waals surface area contributed by atoms with Crippen LogP contribution < -0.4 is 0 Å². The zero-order valence-electron chi connectivity index (χ0n) is 14.4. The Balaban J connectivity index is 3.16. The van der Waals surface area contributed by atoms with Gasteiger partial charge >= 0.3 is 5.97 Å². The Morgan fingerprint density at radius 2 is 1.96 bits per heavy atom. The molecule has 1 aromatic rings. The molecular formula is C16H19F2N3O3S. The van der Waals surface area contributed by atoms with E-state index in [1.807, 2.05) is 6.92 Å². The molecule has 6 nitrogen and oxygen atoms in total. The van der Waals surface area contributed by atoms with E-state index in [9.17, 15) is 18.4 Å². The fourth-order valence-electron chi connectivity index (χ4n) is 1.89. The van der Waals surface area contributed by atoms with Crippen LogP contribution in [0.4, 0.5) is 8.78 Å². The number of rotatable bonds is 6. The predicted molar refractivity (Wildman–Crippen MR) is 90.2 cm³/mol. The first-order valence-electron chi connectivity index (χ1n) is 7.57. The lowest BCUT2D eigenvalue weighted by Crippen LogP contribution is -2.30. The van der Waals surface area contributed by atoms with E-state index in [0.29, 0.717) is 18.9 Å². The number of carbonyl (C=O) groups is 2. The van der Waals surface area contributed by atoms with Crippen LogP contribution in [-0.2, 0) is 9.53 Å². The lowest BCUT2D eigenvalue weighted by atomic mass is 10.2. The van der Waals surface area contributed by atoms with Gasteiger partial charge in [0, 0.05) is 15.9 Å². The average molecular weight is 371 g/mol. The third kappa shape index (κ3) is 6.36. The molecule has 0 bridgehead atoms. The van der Waals surface area contributed by atoms with E-state index in [1.54, 1.807) is 20.8 Å². The zero-order valence-corrected chi connectivity index (χ0v) is 15.2. The molecule has 25 heavy (non-hydrogen) atoms. The van der Waals surface area contributed by atoms with Crippen LogP contribution in [0.25, 0.3) is 10.4 Å². The molecular weight excluding hydrogens is 352 g/mol. The smallest absolute Gasteiger partial charge is 0.319 e. The van der Waals surface area contributed by atoms with Gasteiger partial charge < -0.3 is 4.74 Å². The van der Waals surface area contributed by atoms with Gasteiger partial charge in [0.15, 0.2) is 0 Å². The second-order valence-corrected chi connectivity index (χ2v) is 7.43. The molecule has 1 unspecified atom stereocenters. The van der Waals surface area contributed by atoms with E-state index in [0.717, 1.165) is 17.8 Å². The number of carbonyl (C=O) groups excluding carboxylic acids is 2. The minimum Gasteiger partial charge on any atom is -0.459 e. The summed E-state index contributed by atoms with van der Waals surface area (Å²) in [4.78, 5) is 26.1. The molecule has 0 saturated heterocycles. The minimum absolute atomic E-state index is 0.0952. The van der Waals surface area contributed by atoms with Crippen molar-refractivity contribution in [2.24, 2.45) is 5.11 Å². The Hall–Kier alpha value is -2.12. The summed E-state index contributed by atoms with van der Waals surface area (Å²) in [5.41, 5.74) is 7.03. The van der Waals surface area contributed by atoms with Crippen molar-refractivity contribution >= 4 is 23.6 Å². The van der Waals surface area contributed by atoms with Gasteiger partial charge in [0.05, 0.1) is 5.56 Å². The summed E-state index contributed by atoms with van der Waals surface area (Å²) in [6, 6.07) is 1.47. The molecule has 0 N–H and O–H groups in total. The van der Waals surface area contributed by atoms with Crippen LogP contribution in [0.5, 0.6) is 0 Å². The number of esters is 1. The van der Waals surface area contributed by atoms with E-state index >= 15 is 0 Å². The van der Waals surface area contributed by atoms with E-state index in [2.05, 4.69) is 10.0 Å². The second kappa shape index (κ2) is 8.82. The van der Waals surface area contributed by atoms with Gasteiger partial charge in [0.1, 0.15) is 22.5 Å². The lowest BCUT2D eigenvalue weighted by molar-refractivity contribution is -0.154. The Bertz CT molecular complexity index is 713. The van der Waals surface area contributed by atoms with Crippen LogP contribution in [-0.4, -0.2) is 22.7 Å². The largest absolute Gasteiger partial charge is 0.459 e. The number of thioether (sulfide) groups is 1. The normalized spacial score (nSPS) is 12.2. The minimum atomic E-state index is -1.16. The quantitative estimate of drug-likeness (QED) is 0.231. The van der Waals surface area contributed by atoms with Crippen molar-refractivity contribution in [3.05, 3.63) is 39.8 Å². The van der Waals surface area contributed by atoms with Gasteiger partial charge in [-0.2, -0.15) is 0 Å². The predicted octanol–water partition coefficient (Wildman–Crippen LogP) is 5.02. The van der Waals surface area contributed by atoms with Gasteiger partial charge in [-0.15, -0.1) is 11.8 Å². The van der Waals surface area contributed by atoms with Crippen molar-refractivity contribution in [1.82, 2.24) is 0 Å². The summed E-state index contributed by atoms with van der Waals surface area (Å²) in [5, 5.41) is 2.09. The number of hydrogen-bond acceptors (Lipinski definition) is 4. The third-order valence-electron chi connectivity index (χ3n) is 2.88. The molecule has 1 aromatic carbocycles. The molecule has 0 aromatic heterocycles. The summed E-state index contributed by atoms with van der Waals surface area (Å²) in [5.74, 6) is -3.73. The van der Waals surface area contributed by atoms with Crippen LogP contribution in [0.1, 0.15) is 50.9 Å². The molecule has 0 aliphatic carbocycles. The first-order valence-corrected chi connectivity index (χ1v) is 8.45. The molecule has 0 fully saturated rings. The number of hydrogen-bond donors (Lipinski definition) is 0. The maximum absolute atomic E-state index is 14.1. The summed E-state index contributed by atoms with van der Waals surface area (Å²) < 4.78 is 33.1. The van der Waals surface area contributed by atoms with E-state index in [1.165, 1.54) is 0 Å². The molecule has 1 amide bonds. The van der Waals surface area contributed by atoms with Crippen LogP contribution >= 0.6 is 11.8 Å². The summed E-state index contributed by atoms with van der Waals surface area (Å²) in [6.45, 7) is 7.00. The van der Waals surface area contributed by atoms with Gasteiger partial charge in [-0.3, -0.25) is 9.59 Å². The number of benzene rings is 1. The molecule has 0 spiro atoms. The van der Waals surface area contributed by atoms with E-state index < -0.39 is 39.9 Å². The number of azide groups is 1. The number of amides is 1. The highest BCUT2D eigenvalue weighted by molar-refractivity contribution is 8.00. The van der Waals surface area contributed by atoms with Gasteiger partial charge in [0.2, 0.25) is 0 Å². The first-order chi connectivity index (χ1) is 11.6. The van der Waals surface area contributed by atoms with Crippen LogP contribution in [0.15, 0.2) is 22.1 Å². The molecule has 0 heterocycles. The third-order valence-corrected chi connectivity index (χ3v) is 4.16. The highest BCUT2D eigenvalue weighted by atomic mass is 32.2. The highest BCUT2D eigenvalue weighted by Crippen LogP contribution is 2.32.